The van der Waals surface area contributed by atoms with Gasteiger partial charge in [0, 0.05) is 24.8 Å². The number of nitrogens with one attached hydrogen (secondary N) is 1. The Morgan fingerprint density at radius 2 is 1.94 bits per heavy atom. The van der Waals surface area contributed by atoms with Gasteiger partial charge in [0.15, 0.2) is 0 Å². The number of hydrogen-bond acceptors (Lipinski definition) is 2. The van der Waals surface area contributed by atoms with Crippen LogP contribution >= 0.6 is 0 Å². The van der Waals surface area contributed by atoms with E-state index in [-0.39, 0.29) is 0 Å². The molecular formula is C15H21N3. The van der Waals surface area contributed by atoms with Crippen molar-refractivity contribution in [2.24, 2.45) is 7.05 Å². The smallest absolute Gasteiger partial charge is 0.0568 e. The third kappa shape index (κ3) is 2.99. The second-order valence-corrected chi connectivity index (χ2v) is 4.70. The summed E-state index contributed by atoms with van der Waals surface area (Å²) in [5, 5.41) is 7.69. The maximum atomic E-state index is 4.20. The molecule has 18 heavy (non-hydrogen) atoms. The summed E-state index contributed by atoms with van der Waals surface area (Å²) in [5.74, 6) is 0. The Kier molecular flexibility index (Phi) is 4.15. The molecule has 3 nitrogen and oxygen atoms in total. The normalized spacial score (nSPS) is 12.6. The lowest BCUT2D eigenvalue weighted by Crippen LogP contribution is -2.19. The van der Waals surface area contributed by atoms with Crippen LogP contribution in [0.2, 0.25) is 0 Å². The van der Waals surface area contributed by atoms with E-state index < -0.39 is 0 Å². The highest BCUT2D eigenvalue weighted by atomic mass is 15.2. The van der Waals surface area contributed by atoms with E-state index in [0.29, 0.717) is 6.04 Å². The Morgan fingerprint density at radius 3 is 2.50 bits per heavy atom. The van der Waals surface area contributed by atoms with Gasteiger partial charge in [0.05, 0.1) is 6.20 Å². The third-order valence-corrected chi connectivity index (χ3v) is 3.15. The lowest BCUT2D eigenvalue weighted by atomic mass is 10.0. The molecule has 0 fully saturated rings. The van der Waals surface area contributed by atoms with E-state index in [1.807, 2.05) is 24.1 Å². The summed E-state index contributed by atoms with van der Waals surface area (Å²) in [6.45, 7) is 5.45. The second kappa shape index (κ2) is 5.83. The molecule has 0 aliphatic carbocycles. The topological polar surface area (TPSA) is 29.9 Å². The molecule has 1 aromatic heterocycles. The molecule has 2 rings (SSSR count). The van der Waals surface area contributed by atoms with Gasteiger partial charge in [0.2, 0.25) is 0 Å². The van der Waals surface area contributed by atoms with Crippen molar-refractivity contribution in [3.63, 3.8) is 0 Å². The summed E-state index contributed by atoms with van der Waals surface area (Å²) in [7, 11) is 1.94. The molecule has 1 atom stereocenters. The first-order valence-corrected chi connectivity index (χ1v) is 6.53. The van der Waals surface area contributed by atoms with E-state index in [4.69, 9.17) is 0 Å². The lowest BCUT2D eigenvalue weighted by Gasteiger charge is -2.13. The van der Waals surface area contributed by atoms with Crippen molar-refractivity contribution in [2.45, 2.75) is 26.3 Å². The van der Waals surface area contributed by atoms with Gasteiger partial charge in [-0.15, -0.1) is 0 Å². The second-order valence-electron chi connectivity index (χ2n) is 4.70. The predicted octanol–water partition coefficient (Wildman–Crippen LogP) is 3.15. The number of hydrogen-bond donors (Lipinski definition) is 1. The molecule has 96 valence electrons. The highest BCUT2D eigenvalue weighted by Crippen LogP contribution is 2.21. The van der Waals surface area contributed by atoms with Gasteiger partial charge in [-0.2, -0.15) is 5.10 Å². The summed E-state index contributed by atoms with van der Waals surface area (Å²) in [5.41, 5.74) is 3.71. The summed E-state index contributed by atoms with van der Waals surface area (Å²) in [4.78, 5) is 0. The van der Waals surface area contributed by atoms with Crippen LogP contribution in [0.4, 0.5) is 0 Å². The highest BCUT2D eigenvalue weighted by Gasteiger charge is 2.05. The number of nitrogens with zero attached hydrogens (tertiary/aromatic N) is 2. The summed E-state index contributed by atoms with van der Waals surface area (Å²) in [6.07, 6.45) is 5.10. The van der Waals surface area contributed by atoms with Gasteiger partial charge in [-0.3, -0.25) is 4.68 Å². The summed E-state index contributed by atoms with van der Waals surface area (Å²) in [6, 6.07) is 9.12. The average molecular weight is 243 g/mol. The van der Waals surface area contributed by atoms with Crippen LogP contribution in [0.15, 0.2) is 36.7 Å². The molecule has 0 radical (unpaired) electrons. The Labute approximate surface area is 109 Å². The van der Waals surface area contributed by atoms with E-state index in [9.17, 15) is 0 Å². The molecule has 1 aromatic carbocycles. The minimum atomic E-state index is 0.410. The molecule has 0 saturated heterocycles. The number of rotatable bonds is 5. The molecule has 1 heterocycles. The quantitative estimate of drug-likeness (QED) is 0.874. The molecule has 0 aliphatic rings. The first kappa shape index (κ1) is 12.8. The van der Waals surface area contributed by atoms with Crippen LogP contribution in [-0.2, 0) is 7.05 Å². The van der Waals surface area contributed by atoms with Crippen molar-refractivity contribution >= 4 is 0 Å². The fourth-order valence-corrected chi connectivity index (χ4v) is 2.01. The maximum Gasteiger partial charge on any atom is 0.0568 e. The molecule has 3 heteroatoms. The van der Waals surface area contributed by atoms with Crippen LogP contribution in [0.1, 0.15) is 31.9 Å². The third-order valence-electron chi connectivity index (χ3n) is 3.15. The maximum absolute atomic E-state index is 4.20. The largest absolute Gasteiger partial charge is 0.310 e. The van der Waals surface area contributed by atoms with Gasteiger partial charge in [-0.05, 0) is 31.0 Å². The molecule has 0 spiro atoms. The monoisotopic (exact) mass is 243 g/mol. The van der Waals surface area contributed by atoms with E-state index in [1.54, 1.807) is 0 Å². The van der Waals surface area contributed by atoms with Crippen molar-refractivity contribution in [3.05, 3.63) is 42.2 Å². The summed E-state index contributed by atoms with van der Waals surface area (Å²) >= 11 is 0. The van der Waals surface area contributed by atoms with Crippen LogP contribution in [-0.4, -0.2) is 16.3 Å². The van der Waals surface area contributed by atoms with Crippen LogP contribution < -0.4 is 5.32 Å². The number of aryl methyl sites for hydroxylation is 1. The zero-order valence-corrected chi connectivity index (χ0v) is 11.4. The van der Waals surface area contributed by atoms with Gasteiger partial charge in [-0.25, -0.2) is 0 Å². The molecule has 0 aliphatic heterocycles. The Morgan fingerprint density at radius 1 is 1.22 bits per heavy atom. The molecule has 0 amide bonds. The highest BCUT2D eigenvalue weighted by molar-refractivity contribution is 5.61. The van der Waals surface area contributed by atoms with Gasteiger partial charge in [0.1, 0.15) is 0 Å². The molecular weight excluding hydrogens is 222 g/mol. The van der Waals surface area contributed by atoms with Crippen molar-refractivity contribution in [1.82, 2.24) is 15.1 Å². The fourth-order valence-electron chi connectivity index (χ4n) is 2.01. The standard InChI is InChI=1S/C15H21N3/c1-4-9-16-12(2)13-5-7-14(8-6-13)15-10-17-18(3)11-15/h5-8,10-12,16H,4,9H2,1-3H3. The Bertz CT molecular complexity index is 485. The number of aromatic nitrogens is 2. The van der Waals surface area contributed by atoms with Gasteiger partial charge < -0.3 is 5.32 Å². The van der Waals surface area contributed by atoms with Crippen LogP contribution in [0.5, 0.6) is 0 Å². The predicted molar refractivity (Wildman–Crippen MR) is 75.4 cm³/mol. The zero-order chi connectivity index (χ0) is 13.0. The minimum Gasteiger partial charge on any atom is -0.310 e. The van der Waals surface area contributed by atoms with Crippen molar-refractivity contribution in [3.8, 4) is 11.1 Å². The first-order chi connectivity index (χ1) is 8.70. The fraction of sp³-hybridized carbons (Fsp3) is 0.400. The molecule has 2 aromatic rings. The van der Waals surface area contributed by atoms with Gasteiger partial charge >= 0.3 is 0 Å². The van der Waals surface area contributed by atoms with Crippen LogP contribution in [0, 0.1) is 0 Å². The van der Waals surface area contributed by atoms with Gasteiger partial charge in [-0.1, -0.05) is 31.2 Å². The van der Waals surface area contributed by atoms with Crippen molar-refractivity contribution < 1.29 is 0 Å². The molecule has 1 unspecified atom stereocenters. The number of benzene rings is 1. The SMILES string of the molecule is CCCNC(C)c1ccc(-c2cnn(C)c2)cc1. The Balaban J connectivity index is 2.10. The van der Waals surface area contributed by atoms with E-state index >= 15 is 0 Å². The van der Waals surface area contributed by atoms with Crippen molar-refractivity contribution in [2.75, 3.05) is 6.54 Å². The van der Waals surface area contributed by atoms with Crippen LogP contribution in [0.25, 0.3) is 11.1 Å². The molecule has 0 bridgehead atoms. The molecule has 0 saturated carbocycles. The van der Waals surface area contributed by atoms with Gasteiger partial charge in [0.25, 0.3) is 0 Å². The van der Waals surface area contributed by atoms with E-state index in [2.05, 4.69) is 48.5 Å². The summed E-state index contributed by atoms with van der Waals surface area (Å²) < 4.78 is 1.83. The van der Waals surface area contributed by atoms with Crippen LogP contribution in [0.3, 0.4) is 0 Å². The van der Waals surface area contributed by atoms with E-state index in [1.165, 1.54) is 16.7 Å². The molecule has 1 N–H and O–H groups in total. The Hall–Kier alpha value is -1.61. The van der Waals surface area contributed by atoms with E-state index in [0.717, 1.165) is 13.0 Å². The first-order valence-electron chi connectivity index (χ1n) is 6.53. The lowest BCUT2D eigenvalue weighted by molar-refractivity contribution is 0.571. The van der Waals surface area contributed by atoms with Crippen molar-refractivity contribution in [1.29, 1.82) is 0 Å². The average Bonchev–Trinajstić information content (AvgIpc) is 2.83. The zero-order valence-electron chi connectivity index (χ0n) is 11.4. The minimum absolute atomic E-state index is 0.410.